The fourth-order valence-corrected chi connectivity index (χ4v) is 8.18. The minimum atomic E-state index is -2.38. The van der Waals surface area contributed by atoms with Crippen molar-refractivity contribution >= 4 is 11.0 Å². The molecule has 2 heterocycles. The summed E-state index contributed by atoms with van der Waals surface area (Å²) < 4.78 is 27.8. The largest absolute Gasteiger partial charge is 0.507 e. The second kappa shape index (κ2) is 16.0. The van der Waals surface area contributed by atoms with E-state index >= 15 is 0 Å². The Bertz CT molecular complexity index is 3110. The van der Waals surface area contributed by atoms with Crippen LogP contribution in [0, 0.1) is 13.8 Å². The molecule has 0 saturated heterocycles. The Morgan fingerprint density at radius 3 is 1.88 bits per heavy atom. The lowest BCUT2D eigenvalue weighted by atomic mass is 9.91. The number of hydrogen-bond donors (Lipinski definition) is 1. The van der Waals surface area contributed by atoms with Gasteiger partial charge in [-0.1, -0.05) is 142 Å². The second-order valence-electron chi connectivity index (χ2n) is 16.4. The molecule has 0 spiro atoms. The number of aryl methyl sites for hydroxylation is 2. The highest BCUT2D eigenvalue weighted by Crippen LogP contribution is 2.43. The summed E-state index contributed by atoms with van der Waals surface area (Å²) in [6, 6.07) is 55.3. The van der Waals surface area contributed by atoms with Crippen molar-refractivity contribution in [3.8, 4) is 78.6 Å². The van der Waals surface area contributed by atoms with E-state index in [9.17, 15) is 5.11 Å². The van der Waals surface area contributed by atoms with Gasteiger partial charge in [0.1, 0.15) is 11.6 Å². The molecule has 1 N–H and O–H groups in total. The fourth-order valence-electron chi connectivity index (χ4n) is 8.18. The molecular weight excluding hydrogens is 731 g/mol. The number of hydrogen-bond acceptors (Lipinski definition) is 3. The van der Waals surface area contributed by atoms with Gasteiger partial charge in [-0.15, -0.1) is 0 Å². The summed E-state index contributed by atoms with van der Waals surface area (Å²) in [5, 5.41) is 12.2. The van der Waals surface area contributed by atoms with Crippen LogP contribution in [0.2, 0.25) is 0 Å². The Labute approximate surface area is 357 Å². The number of aromatic hydroxyl groups is 1. The molecule has 0 bridgehead atoms. The van der Waals surface area contributed by atoms with Crippen LogP contribution >= 0.6 is 0 Å². The molecule has 0 aliphatic carbocycles. The van der Waals surface area contributed by atoms with E-state index in [2.05, 4.69) is 107 Å². The lowest BCUT2D eigenvalue weighted by Gasteiger charge is -2.18. The van der Waals surface area contributed by atoms with Gasteiger partial charge in [-0.3, -0.25) is 9.55 Å². The molecule has 2 aromatic heterocycles. The van der Waals surface area contributed by atoms with Crippen LogP contribution < -0.4 is 0 Å². The molecule has 7 aromatic carbocycles. The van der Waals surface area contributed by atoms with Crippen LogP contribution in [-0.2, 0) is 0 Å². The SMILES string of the molecule is [2H]C([2H])([2H])c1cc(-c2ccccc2)cc(-n2c(-c3cc(C(C)C)cc(C(C)C)c3O)nc3c(-c4cc(-c5ccccc5)cc(-c5cc(-c6ccc(C)cc6)ccn5)c4)cccc32)c1. The van der Waals surface area contributed by atoms with Crippen molar-refractivity contribution in [2.24, 2.45) is 0 Å². The van der Waals surface area contributed by atoms with Gasteiger partial charge in [0.05, 0.1) is 22.3 Å². The van der Waals surface area contributed by atoms with Crippen molar-refractivity contribution in [1.29, 1.82) is 0 Å². The number of pyridine rings is 1. The van der Waals surface area contributed by atoms with E-state index < -0.39 is 6.85 Å². The number of para-hydroxylation sites is 1. The molecule has 9 aromatic rings. The van der Waals surface area contributed by atoms with E-state index in [0.717, 1.165) is 72.4 Å². The summed E-state index contributed by atoms with van der Waals surface area (Å²) in [6.45, 7) is 8.17. The average molecular weight is 783 g/mol. The van der Waals surface area contributed by atoms with Crippen LogP contribution in [0.25, 0.3) is 83.9 Å². The molecule has 0 atom stereocenters. The molecule has 4 heteroatoms. The van der Waals surface area contributed by atoms with E-state index in [1.807, 2.05) is 89.6 Å². The first-order chi connectivity index (χ1) is 30.3. The first kappa shape index (κ1) is 35.0. The highest BCUT2D eigenvalue weighted by Gasteiger charge is 2.24. The second-order valence-corrected chi connectivity index (χ2v) is 16.4. The van der Waals surface area contributed by atoms with Crippen molar-refractivity contribution in [3.05, 3.63) is 192 Å². The number of aromatic nitrogens is 3. The minimum Gasteiger partial charge on any atom is -0.507 e. The Morgan fingerprint density at radius 2 is 1.20 bits per heavy atom. The van der Waals surface area contributed by atoms with Gasteiger partial charge in [-0.25, -0.2) is 4.98 Å². The molecule has 0 saturated carbocycles. The van der Waals surface area contributed by atoms with Crippen molar-refractivity contribution in [3.63, 3.8) is 0 Å². The van der Waals surface area contributed by atoms with Crippen molar-refractivity contribution in [2.75, 3.05) is 0 Å². The molecule has 0 radical (unpaired) electrons. The normalized spacial score (nSPS) is 12.5. The molecule has 0 aliphatic rings. The molecular formula is C56H49N3O. The van der Waals surface area contributed by atoms with Crippen LogP contribution in [0.4, 0.5) is 0 Å². The highest BCUT2D eigenvalue weighted by molar-refractivity contribution is 5.98. The maximum atomic E-state index is 12.2. The molecule has 0 fully saturated rings. The third-order valence-electron chi connectivity index (χ3n) is 11.5. The van der Waals surface area contributed by atoms with Gasteiger partial charge in [0.15, 0.2) is 0 Å². The Hall–Kier alpha value is -7.04. The number of imidazole rings is 1. The quantitative estimate of drug-likeness (QED) is 0.159. The van der Waals surface area contributed by atoms with E-state index in [1.54, 1.807) is 12.1 Å². The van der Waals surface area contributed by atoms with Gasteiger partial charge in [-0.2, -0.15) is 0 Å². The van der Waals surface area contributed by atoms with Crippen LogP contribution in [0.15, 0.2) is 170 Å². The number of benzene rings is 7. The summed E-state index contributed by atoms with van der Waals surface area (Å²) >= 11 is 0. The van der Waals surface area contributed by atoms with Crippen LogP contribution in [-0.4, -0.2) is 19.6 Å². The lowest BCUT2D eigenvalue weighted by molar-refractivity contribution is 0.466. The van der Waals surface area contributed by atoms with Crippen molar-refractivity contribution < 1.29 is 9.22 Å². The topological polar surface area (TPSA) is 50.9 Å². The summed E-state index contributed by atoms with van der Waals surface area (Å²) in [6.07, 6.45) is 1.87. The molecule has 4 nitrogen and oxygen atoms in total. The highest BCUT2D eigenvalue weighted by atomic mass is 16.3. The van der Waals surface area contributed by atoms with Crippen molar-refractivity contribution in [2.45, 2.75) is 53.3 Å². The van der Waals surface area contributed by atoms with Gasteiger partial charge in [0, 0.05) is 27.1 Å². The van der Waals surface area contributed by atoms with E-state index in [4.69, 9.17) is 14.1 Å². The van der Waals surface area contributed by atoms with Gasteiger partial charge in [0.2, 0.25) is 0 Å². The number of rotatable bonds is 9. The maximum absolute atomic E-state index is 12.2. The average Bonchev–Trinajstić information content (AvgIpc) is 3.69. The maximum Gasteiger partial charge on any atom is 0.149 e. The predicted octanol–water partition coefficient (Wildman–Crippen LogP) is 15.0. The Kier molecular flexibility index (Phi) is 9.29. The fraction of sp³-hybridized carbons (Fsp3) is 0.143. The summed E-state index contributed by atoms with van der Waals surface area (Å²) in [5.41, 5.74) is 15.6. The lowest BCUT2D eigenvalue weighted by Crippen LogP contribution is -2.02. The van der Waals surface area contributed by atoms with Crippen molar-refractivity contribution in [1.82, 2.24) is 14.5 Å². The predicted molar refractivity (Wildman–Crippen MR) is 251 cm³/mol. The zero-order chi connectivity index (χ0) is 44.0. The number of phenols is 1. The molecule has 0 unspecified atom stereocenters. The first-order valence-electron chi connectivity index (χ1n) is 22.2. The Balaban J connectivity index is 1.34. The summed E-state index contributed by atoms with van der Waals surface area (Å²) in [4.78, 5) is 10.4. The van der Waals surface area contributed by atoms with Crippen LogP contribution in [0.5, 0.6) is 5.75 Å². The minimum absolute atomic E-state index is 0.0386. The molecule has 60 heavy (non-hydrogen) atoms. The van der Waals surface area contributed by atoms with Gasteiger partial charge < -0.3 is 5.11 Å². The van der Waals surface area contributed by atoms with Gasteiger partial charge >= 0.3 is 0 Å². The molecule has 0 amide bonds. The molecule has 294 valence electrons. The monoisotopic (exact) mass is 782 g/mol. The Morgan fingerprint density at radius 1 is 0.533 bits per heavy atom. The van der Waals surface area contributed by atoms with E-state index in [0.29, 0.717) is 22.6 Å². The molecule has 9 rings (SSSR count). The third-order valence-corrected chi connectivity index (χ3v) is 11.5. The standard InChI is InChI=1S/C56H49N3O/c1-35(2)43-32-50(36(3)4)55(60)51(33-43)56-58-54-49(18-13-19-53(54)59(56)48-27-38(6)26-44(31-48)39-14-9-7-10-15-39)46-28-45(40-16-11-8-12-17-40)29-47(30-46)52-34-42(24-25-57-52)41-22-20-37(5)21-23-41/h7-36,60H,1-6H3/i6D3. The van der Waals surface area contributed by atoms with Gasteiger partial charge in [0.25, 0.3) is 0 Å². The summed E-state index contributed by atoms with van der Waals surface area (Å²) in [7, 11) is 0. The number of nitrogens with zero attached hydrogens (tertiary/aromatic N) is 3. The summed E-state index contributed by atoms with van der Waals surface area (Å²) in [5.74, 6) is 0.899. The van der Waals surface area contributed by atoms with E-state index in [-0.39, 0.29) is 23.1 Å². The van der Waals surface area contributed by atoms with Crippen LogP contribution in [0.3, 0.4) is 0 Å². The third kappa shape index (κ3) is 7.42. The number of phenolic OH excluding ortho intramolecular Hbond substituents is 1. The zero-order valence-electron chi connectivity index (χ0n) is 37.6. The molecule has 0 aliphatic heterocycles. The van der Waals surface area contributed by atoms with Gasteiger partial charge in [-0.05, 0) is 136 Å². The zero-order valence-corrected chi connectivity index (χ0v) is 34.6. The van der Waals surface area contributed by atoms with E-state index in [1.165, 1.54) is 5.56 Å². The first-order valence-corrected chi connectivity index (χ1v) is 20.7. The smallest absolute Gasteiger partial charge is 0.149 e. The number of fused-ring (bicyclic) bond motifs is 1. The van der Waals surface area contributed by atoms with Crippen LogP contribution in [0.1, 0.15) is 65.9 Å².